The Kier molecular flexibility index (Phi) is 6.13. The minimum absolute atomic E-state index is 0.0665. The predicted octanol–water partition coefficient (Wildman–Crippen LogP) is 2.15. The van der Waals surface area contributed by atoms with E-state index in [4.69, 9.17) is 4.74 Å². The van der Waals surface area contributed by atoms with Gasteiger partial charge in [-0.2, -0.15) is 0 Å². The zero-order chi connectivity index (χ0) is 15.1. The molecule has 1 fully saturated rings. The molecule has 0 radical (unpaired) electrons. The van der Waals surface area contributed by atoms with Gasteiger partial charge >= 0.3 is 5.97 Å². The highest BCUT2D eigenvalue weighted by Crippen LogP contribution is 2.19. The van der Waals surface area contributed by atoms with Crippen LogP contribution in [0, 0.1) is 0 Å². The van der Waals surface area contributed by atoms with Crippen LogP contribution in [0.25, 0.3) is 0 Å². The third kappa shape index (κ3) is 5.43. The van der Waals surface area contributed by atoms with Gasteiger partial charge in [-0.3, -0.25) is 9.59 Å². The van der Waals surface area contributed by atoms with Crippen molar-refractivity contribution in [2.24, 2.45) is 0 Å². The van der Waals surface area contributed by atoms with Crippen LogP contribution in [0.4, 0.5) is 5.13 Å². The number of thiazole rings is 1. The Balaban J connectivity index is 1.73. The van der Waals surface area contributed by atoms with Crippen molar-refractivity contribution in [3.05, 3.63) is 11.1 Å². The summed E-state index contributed by atoms with van der Waals surface area (Å²) in [6, 6.07) is 0. The molecule has 2 heterocycles. The van der Waals surface area contributed by atoms with E-state index in [1.165, 1.54) is 24.9 Å². The average molecular weight is 312 g/mol. The third-order valence-electron chi connectivity index (χ3n) is 3.32. The van der Waals surface area contributed by atoms with Gasteiger partial charge in [-0.05, 0) is 25.7 Å². The number of nitrogens with one attached hydrogen (secondary N) is 1. The molecule has 0 saturated carbocycles. The Bertz CT molecular complexity index is 483. The number of rotatable bonds is 6. The number of esters is 1. The number of nitrogens with zero attached hydrogens (tertiary/aromatic N) is 1. The summed E-state index contributed by atoms with van der Waals surface area (Å²) >= 11 is 1.31. The number of hydrogen-bond acceptors (Lipinski definition) is 6. The second-order valence-electron chi connectivity index (χ2n) is 4.97. The van der Waals surface area contributed by atoms with Crippen LogP contribution >= 0.6 is 11.3 Å². The second kappa shape index (κ2) is 8.09. The first-order valence-electron chi connectivity index (χ1n) is 7.10. The quantitative estimate of drug-likeness (QED) is 0.814. The van der Waals surface area contributed by atoms with Crippen LogP contribution in [0.5, 0.6) is 0 Å². The second-order valence-corrected chi connectivity index (χ2v) is 5.83. The van der Waals surface area contributed by atoms with Crippen LogP contribution in [-0.4, -0.2) is 36.7 Å². The molecule has 1 aliphatic heterocycles. The lowest BCUT2D eigenvalue weighted by Gasteiger charge is -2.21. The number of aromatic nitrogens is 1. The fraction of sp³-hybridized carbons (Fsp3) is 0.643. The third-order valence-corrected chi connectivity index (χ3v) is 4.13. The molecule has 0 aliphatic carbocycles. The minimum atomic E-state index is -0.340. The standard InChI is InChI=1S/C14H20N2O4S/c1-19-13(18)8-10-9-21-14(15-10)16-12(17)6-5-11-4-2-3-7-20-11/h9,11H,2-8H2,1H3,(H,15,16,17). The van der Waals surface area contributed by atoms with Gasteiger partial charge in [-0.25, -0.2) is 4.98 Å². The fourth-order valence-electron chi connectivity index (χ4n) is 2.17. The first-order chi connectivity index (χ1) is 10.2. The maximum atomic E-state index is 11.9. The molecule has 1 unspecified atom stereocenters. The largest absolute Gasteiger partial charge is 0.469 e. The monoisotopic (exact) mass is 312 g/mol. The lowest BCUT2D eigenvalue weighted by Crippen LogP contribution is -2.21. The Morgan fingerprint density at radius 2 is 2.38 bits per heavy atom. The van der Waals surface area contributed by atoms with Crippen molar-refractivity contribution >= 4 is 28.3 Å². The molecule has 0 bridgehead atoms. The van der Waals surface area contributed by atoms with Crippen molar-refractivity contribution in [2.75, 3.05) is 19.0 Å². The number of hydrogen-bond donors (Lipinski definition) is 1. The minimum Gasteiger partial charge on any atom is -0.469 e. The zero-order valence-corrected chi connectivity index (χ0v) is 12.9. The molecule has 1 aromatic heterocycles. The number of carbonyl (C=O) groups excluding carboxylic acids is 2. The van der Waals surface area contributed by atoms with Crippen LogP contribution in [0.1, 0.15) is 37.8 Å². The zero-order valence-electron chi connectivity index (χ0n) is 12.1. The molecule has 7 heteroatoms. The topological polar surface area (TPSA) is 77.5 Å². The van der Waals surface area contributed by atoms with Crippen LogP contribution in [0.15, 0.2) is 5.38 Å². The van der Waals surface area contributed by atoms with Crippen molar-refractivity contribution in [3.63, 3.8) is 0 Å². The molecule has 1 atom stereocenters. The summed E-state index contributed by atoms with van der Waals surface area (Å²) in [4.78, 5) is 27.2. The fourth-order valence-corrected chi connectivity index (χ4v) is 2.90. The molecule has 1 saturated heterocycles. The molecule has 6 nitrogen and oxygen atoms in total. The Hall–Kier alpha value is -1.47. The van der Waals surface area contributed by atoms with Gasteiger partial charge in [0.1, 0.15) is 0 Å². The van der Waals surface area contributed by atoms with E-state index in [9.17, 15) is 9.59 Å². The SMILES string of the molecule is COC(=O)Cc1csc(NC(=O)CCC2CCCCO2)n1. The summed E-state index contributed by atoms with van der Waals surface area (Å²) in [6.07, 6.45) is 4.83. The van der Waals surface area contributed by atoms with Gasteiger partial charge in [-0.1, -0.05) is 0 Å². The molecule has 1 aromatic rings. The summed E-state index contributed by atoms with van der Waals surface area (Å²) in [7, 11) is 1.34. The van der Waals surface area contributed by atoms with E-state index in [0.29, 0.717) is 17.2 Å². The van der Waals surface area contributed by atoms with Crippen molar-refractivity contribution in [2.45, 2.75) is 44.6 Å². The van der Waals surface area contributed by atoms with Gasteiger partial charge in [-0.15, -0.1) is 11.3 Å². The molecule has 1 N–H and O–H groups in total. The van der Waals surface area contributed by atoms with E-state index in [1.54, 1.807) is 5.38 Å². The number of anilines is 1. The van der Waals surface area contributed by atoms with Gasteiger partial charge in [0, 0.05) is 18.4 Å². The molecule has 0 aromatic carbocycles. The number of methoxy groups -OCH3 is 1. The molecule has 1 amide bonds. The summed E-state index contributed by atoms with van der Waals surface area (Å²) in [5.41, 5.74) is 0.609. The number of amides is 1. The summed E-state index contributed by atoms with van der Waals surface area (Å²) in [5.74, 6) is -0.407. The van der Waals surface area contributed by atoms with E-state index in [1.807, 2.05) is 0 Å². The molecule has 2 rings (SSSR count). The Labute approximate surface area is 127 Å². The summed E-state index contributed by atoms with van der Waals surface area (Å²) < 4.78 is 10.2. The van der Waals surface area contributed by atoms with Gasteiger partial charge in [0.15, 0.2) is 5.13 Å². The van der Waals surface area contributed by atoms with E-state index < -0.39 is 0 Å². The van der Waals surface area contributed by atoms with Gasteiger partial charge in [0.05, 0.1) is 25.3 Å². The lowest BCUT2D eigenvalue weighted by molar-refractivity contribution is -0.139. The molecule has 116 valence electrons. The Morgan fingerprint density at radius 1 is 1.52 bits per heavy atom. The lowest BCUT2D eigenvalue weighted by atomic mass is 10.0. The van der Waals surface area contributed by atoms with Crippen molar-refractivity contribution in [1.82, 2.24) is 4.98 Å². The smallest absolute Gasteiger partial charge is 0.311 e. The molecule has 21 heavy (non-hydrogen) atoms. The van der Waals surface area contributed by atoms with E-state index >= 15 is 0 Å². The maximum absolute atomic E-state index is 11.9. The van der Waals surface area contributed by atoms with Gasteiger partial charge in [0.25, 0.3) is 0 Å². The van der Waals surface area contributed by atoms with Crippen molar-refractivity contribution in [1.29, 1.82) is 0 Å². The van der Waals surface area contributed by atoms with E-state index in [0.717, 1.165) is 25.9 Å². The van der Waals surface area contributed by atoms with E-state index in [-0.39, 0.29) is 24.4 Å². The average Bonchev–Trinajstić information content (AvgIpc) is 2.93. The Morgan fingerprint density at radius 3 is 3.10 bits per heavy atom. The highest BCUT2D eigenvalue weighted by molar-refractivity contribution is 7.13. The molecule has 0 spiro atoms. The van der Waals surface area contributed by atoms with Crippen LogP contribution < -0.4 is 5.32 Å². The van der Waals surface area contributed by atoms with Crippen molar-refractivity contribution in [3.8, 4) is 0 Å². The highest BCUT2D eigenvalue weighted by Gasteiger charge is 2.16. The first kappa shape index (κ1) is 15.9. The van der Waals surface area contributed by atoms with Crippen LogP contribution in [0.2, 0.25) is 0 Å². The van der Waals surface area contributed by atoms with Gasteiger partial charge in [0.2, 0.25) is 5.91 Å². The first-order valence-corrected chi connectivity index (χ1v) is 7.98. The summed E-state index contributed by atoms with van der Waals surface area (Å²) in [6.45, 7) is 0.801. The van der Waals surface area contributed by atoms with Gasteiger partial charge < -0.3 is 14.8 Å². The maximum Gasteiger partial charge on any atom is 0.311 e. The van der Waals surface area contributed by atoms with Crippen molar-refractivity contribution < 1.29 is 19.1 Å². The number of carbonyl (C=O) groups is 2. The van der Waals surface area contributed by atoms with Crippen LogP contribution in [-0.2, 0) is 25.5 Å². The van der Waals surface area contributed by atoms with Crippen LogP contribution in [0.3, 0.4) is 0 Å². The van der Waals surface area contributed by atoms with E-state index in [2.05, 4.69) is 15.0 Å². The summed E-state index contributed by atoms with van der Waals surface area (Å²) in [5, 5.41) is 5.02. The normalized spacial score (nSPS) is 18.2. The molecular formula is C14H20N2O4S. The highest BCUT2D eigenvalue weighted by atomic mass is 32.1. The number of ether oxygens (including phenoxy) is 2. The molecular weight excluding hydrogens is 292 g/mol. The molecule has 1 aliphatic rings. The predicted molar refractivity (Wildman–Crippen MR) is 79.3 cm³/mol.